The topological polar surface area (TPSA) is 57.6 Å². The molecule has 1 saturated heterocycles. The van der Waals surface area contributed by atoms with Crippen molar-refractivity contribution in [2.75, 3.05) is 13.1 Å². The first-order valence-electron chi connectivity index (χ1n) is 5.30. The van der Waals surface area contributed by atoms with Crippen molar-refractivity contribution in [3.8, 4) is 0 Å². The summed E-state index contributed by atoms with van der Waals surface area (Å²) in [5.41, 5.74) is -1.10. The number of alkyl halides is 4. The van der Waals surface area contributed by atoms with Crippen LogP contribution in [0.15, 0.2) is 0 Å². The third-order valence-corrected chi connectivity index (χ3v) is 3.23. The summed E-state index contributed by atoms with van der Waals surface area (Å²) in [5, 5.41) is 8.90. The van der Waals surface area contributed by atoms with Crippen molar-refractivity contribution in [3.05, 3.63) is 0 Å². The van der Waals surface area contributed by atoms with Crippen molar-refractivity contribution in [2.45, 2.75) is 32.1 Å². The summed E-state index contributed by atoms with van der Waals surface area (Å²) < 4.78 is 49.6. The molecule has 8 heteroatoms. The van der Waals surface area contributed by atoms with Gasteiger partial charge < -0.3 is 10.0 Å². The number of nitrogens with zero attached hydrogens (tertiary/aromatic N) is 1. The Morgan fingerprint density at radius 1 is 1.28 bits per heavy atom. The summed E-state index contributed by atoms with van der Waals surface area (Å²) in [5.74, 6) is -7.74. The molecule has 4 nitrogen and oxygen atoms in total. The van der Waals surface area contributed by atoms with E-state index in [1.165, 1.54) is 6.92 Å². The minimum atomic E-state index is -4.71. The summed E-state index contributed by atoms with van der Waals surface area (Å²) in [4.78, 5) is 22.7. The highest BCUT2D eigenvalue weighted by Gasteiger charge is 2.52. The number of rotatable bonds is 3. The molecule has 0 unspecified atom stereocenters. The zero-order valence-corrected chi connectivity index (χ0v) is 9.63. The van der Waals surface area contributed by atoms with E-state index in [2.05, 4.69) is 0 Å². The number of halogens is 4. The third-order valence-electron chi connectivity index (χ3n) is 3.23. The number of carboxylic acid groups (broad SMARTS) is 1. The lowest BCUT2D eigenvalue weighted by Crippen LogP contribution is -2.52. The molecule has 0 aromatic rings. The predicted octanol–water partition coefficient (Wildman–Crippen LogP) is 1.60. The van der Waals surface area contributed by atoms with E-state index in [0.717, 1.165) is 0 Å². The first kappa shape index (κ1) is 14.7. The zero-order valence-electron chi connectivity index (χ0n) is 9.63. The first-order valence-corrected chi connectivity index (χ1v) is 5.30. The van der Waals surface area contributed by atoms with Gasteiger partial charge in [-0.2, -0.15) is 8.78 Å². The maximum absolute atomic E-state index is 12.8. The highest BCUT2D eigenvalue weighted by molar-refractivity contribution is 5.84. The number of aliphatic carboxylic acids is 1. The normalized spacial score (nSPS) is 20.0. The van der Waals surface area contributed by atoms with Crippen LogP contribution < -0.4 is 0 Å². The minimum absolute atomic E-state index is 0.0343. The molecule has 104 valence electrons. The van der Waals surface area contributed by atoms with Crippen LogP contribution in [0.3, 0.4) is 0 Å². The van der Waals surface area contributed by atoms with Crippen molar-refractivity contribution < 1.29 is 32.3 Å². The highest BCUT2D eigenvalue weighted by Crippen LogP contribution is 2.33. The van der Waals surface area contributed by atoms with Crippen LogP contribution in [0.4, 0.5) is 17.6 Å². The van der Waals surface area contributed by atoms with Gasteiger partial charge in [-0.25, -0.2) is 8.78 Å². The fourth-order valence-electron chi connectivity index (χ4n) is 1.72. The zero-order chi connectivity index (χ0) is 14.1. The van der Waals surface area contributed by atoms with Crippen LogP contribution in [0.5, 0.6) is 0 Å². The Morgan fingerprint density at radius 3 is 2.06 bits per heavy atom. The fourth-order valence-corrected chi connectivity index (χ4v) is 1.72. The van der Waals surface area contributed by atoms with Gasteiger partial charge in [0.25, 0.3) is 5.91 Å². The molecule has 0 bridgehead atoms. The van der Waals surface area contributed by atoms with Gasteiger partial charge in [0.05, 0.1) is 5.41 Å². The van der Waals surface area contributed by atoms with Gasteiger partial charge in [-0.1, -0.05) is 0 Å². The number of amides is 1. The number of carbonyl (C=O) groups is 2. The molecule has 1 heterocycles. The molecule has 0 aromatic carbocycles. The van der Waals surface area contributed by atoms with Crippen molar-refractivity contribution in [1.82, 2.24) is 4.90 Å². The number of hydrogen-bond acceptors (Lipinski definition) is 2. The Hall–Kier alpha value is -1.34. The van der Waals surface area contributed by atoms with E-state index in [1.54, 1.807) is 0 Å². The summed E-state index contributed by atoms with van der Waals surface area (Å²) in [6.07, 6.45) is -4.13. The number of piperidine rings is 1. The van der Waals surface area contributed by atoms with E-state index >= 15 is 0 Å². The van der Waals surface area contributed by atoms with Gasteiger partial charge in [0, 0.05) is 13.1 Å². The second kappa shape index (κ2) is 4.74. The molecule has 0 spiro atoms. The molecule has 1 aliphatic rings. The fraction of sp³-hybridized carbons (Fsp3) is 0.800. The van der Waals surface area contributed by atoms with Crippen molar-refractivity contribution in [2.24, 2.45) is 5.41 Å². The number of carboxylic acids is 1. The van der Waals surface area contributed by atoms with E-state index in [4.69, 9.17) is 5.11 Å². The van der Waals surface area contributed by atoms with Crippen LogP contribution in [0, 0.1) is 5.41 Å². The molecule has 1 aliphatic heterocycles. The van der Waals surface area contributed by atoms with E-state index in [0.29, 0.717) is 4.90 Å². The summed E-state index contributed by atoms with van der Waals surface area (Å²) in [6.45, 7) is 0.913. The van der Waals surface area contributed by atoms with Crippen LogP contribution in [-0.2, 0) is 9.59 Å². The van der Waals surface area contributed by atoms with E-state index in [1.807, 2.05) is 0 Å². The smallest absolute Gasteiger partial charge is 0.383 e. The van der Waals surface area contributed by atoms with Crippen LogP contribution in [0.2, 0.25) is 0 Å². The van der Waals surface area contributed by atoms with Crippen LogP contribution in [0.25, 0.3) is 0 Å². The van der Waals surface area contributed by atoms with Crippen molar-refractivity contribution in [1.29, 1.82) is 0 Å². The molecule has 0 atom stereocenters. The van der Waals surface area contributed by atoms with Crippen LogP contribution >= 0.6 is 0 Å². The Labute approximate surface area is 101 Å². The van der Waals surface area contributed by atoms with Gasteiger partial charge in [-0.15, -0.1) is 0 Å². The molecule has 1 fully saturated rings. The molecule has 0 aromatic heterocycles. The van der Waals surface area contributed by atoms with Gasteiger partial charge in [0.1, 0.15) is 0 Å². The standard InChI is InChI=1S/C10H13F4NO3/c1-9(8(17)18)2-4-15(5-3-9)7(16)10(13,14)6(11)12/h6H,2-5H2,1H3,(H,17,18). The maximum atomic E-state index is 12.8. The molecular formula is C10H13F4NO3. The monoisotopic (exact) mass is 271 g/mol. The second-order valence-corrected chi connectivity index (χ2v) is 4.58. The first-order chi connectivity index (χ1) is 8.11. The minimum Gasteiger partial charge on any atom is -0.481 e. The highest BCUT2D eigenvalue weighted by atomic mass is 19.3. The Kier molecular flexibility index (Phi) is 3.87. The summed E-state index contributed by atoms with van der Waals surface area (Å²) in [7, 11) is 0. The third kappa shape index (κ3) is 2.56. The predicted molar refractivity (Wildman–Crippen MR) is 52.5 cm³/mol. The van der Waals surface area contributed by atoms with Gasteiger partial charge in [-0.3, -0.25) is 9.59 Å². The summed E-state index contributed by atoms with van der Waals surface area (Å²) in [6, 6.07) is 0. The molecule has 1 rings (SSSR count). The van der Waals surface area contributed by atoms with E-state index in [9.17, 15) is 27.2 Å². The molecule has 1 amide bonds. The molecule has 0 aliphatic carbocycles. The SMILES string of the molecule is CC1(C(=O)O)CCN(C(=O)C(F)(F)C(F)F)CC1. The lowest BCUT2D eigenvalue weighted by Gasteiger charge is -2.37. The Bertz CT molecular complexity index is 351. The molecule has 0 radical (unpaired) electrons. The van der Waals surface area contributed by atoms with Crippen LogP contribution in [-0.4, -0.2) is 47.3 Å². The van der Waals surface area contributed by atoms with Gasteiger partial charge in [-0.05, 0) is 19.8 Å². The average Bonchev–Trinajstić information content (AvgIpc) is 2.28. The maximum Gasteiger partial charge on any atom is 0.383 e. The van der Waals surface area contributed by atoms with Gasteiger partial charge >= 0.3 is 18.3 Å². The largest absolute Gasteiger partial charge is 0.481 e. The molecule has 1 N–H and O–H groups in total. The number of carbonyl (C=O) groups excluding carboxylic acids is 1. The molecule has 18 heavy (non-hydrogen) atoms. The van der Waals surface area contributed by atoms with Crippen molar-refractivity contribution >= 4 is 11.9 Å². The summed E-state index contributed by atoms with van der Waals surface area (Å²) >= 11 is 0. The van der Waals surface area contributed by atoms with E-state index < -0.39 is 29.6 Å². The average molecular weight is 271 g/mol. The van der Waals surface area contributed by atoms with E-state index in [-0.39, 0.29) is 25.9 Å². The molecule has 0 saturated carbocycles. The molecular weight excluding hydrogens is 258 g/mol. The number of likely N-dealkylation sites (tertiary alicyclic amines) is 1. The quantitative estimate of drug-likeness (QED) is 0.793. The number of hydrogen-bond donors (Lipinski definition) is 1. The van der Waals surface area contributed by atoms with Crippen LogP contribution in [0.1, 0.15) is 19.8 Å². The van der Waals surface area contributed by atoms with Gasteiger partial charge in [0.15, 0.2) is 0 Å². The Balaban J connectivity index is 2.69. The van der Waals surface area contributed by atoms with Crippen molar-refractivity contribution in [3.63, 3.8) is 0 Å². The van der Waals surface area contributed by atoms with Gasteiger partial charge in [0.2, 0.25) is 0 Å². The lowest BCUT2D eigenvalue weighted by molar-refractivity contribution is -0.183. The second-order valence-electron chi connectivity index (χ2n) is 4.58. The Morgan fingerprint density at radius 2 is 1.72 bits per heavy atom. The lowest BCUT2D eigenvalue weighted by atomic mass is 9.80.